The number of amides is 2. The first-order valence-corrected chi connectivity index (χ1v) is 7.81. The van der Waals surface area contributed by atoms with E-state index in [1.165, 1.54) is 5.56 Å². The van der Waals surface area contributed by atoms with Gasteiger partial charge in [-0.15, -0.1) is 0 Å². The number of nitrogens with zero attached hydrogens (tertiary/aromatic N) is 2. The molecular formula is C17H15ClN4O. The van der Waals surface area contributed by atoms with Crippen LogP contribution in [0.2, 0.25) is 5.02 Å². The molecule has 2 heterocycles. The number of rotatable bonds is 2. The predicted molar refractivity (Wildman–Crippen MR) is 90.9 cm³/mol. The van der Waals surface area contributed by atoms with E-state index >= 15 is 0 Å². The number of carbonyl (C=O) groups is 1. The Hall–Kier alpha value is -2.53. The van der Waals surface area contributed by atoms with Crippen LogP contribution in [-0.4, -0.2) is 34.2 Å². The van der Waals surface area contributed by atoms with Gasteiger partial charge < -0.3 is 10.2 Å². The smallest absolute Gasteiger partial charge is 0.321 e. The number of benzene rings is 2. The third-order valence-electron chi connectivity index (χ3n) is 4.20. The second-order valence-corrected chi connectivity index (χ2v) is 6.19. The van der Waals surface area contributed by atoms with Crippen LogP contribution in [0.4, 0.5) is 10.5 Å². The Labute approximate surface area is 138 Å². The van der Waals surface area contributed by atoms with Crippen molar-refractivity contribution in [1.82, 2.24) is 15.1 Å². The lowest BCUT2D eigenvalue weighted by atomic mass is 9.92. The van der Waals surface area contributed by atoms with Gasteiger partial charge in [0.15, 0.2) is 0 Å². The van der Waals surface area contributed by atoms with E-state index in [0.29, 0.717) is 5.92 Å². The molecule has 0 bridgehead atoms. The maximum atomic E-state index is 12.3. The van der Waals surface area contributed by atoms with Gasteiger partial charge >= 0.3 is 6.03 Å². The van der Waals surface area contributed by atoms with Gasteiger partial charge in [-0.05, 0) is 35.9 Å². The van der Waals surface area contributed by atoms with Crippen LogP contribution in [0.3, 0.4) is 0 Å². The molecule has 3 aromatic rings. The molecule has 1 aliphatic heterocycles. The summed E-state index contributed by atoms with van der Waals surface area (Å²) in [5.74, 6) is 0.384. The minimum absolute atomic E-state index is 0.0712. The summed E-state index contributed by atoms with van der Waals surface area (Å²) in [6, 6.07) is 13.4. The normalized spacial score (nSPS) is 14.7. The van der Waals surface area contributed by atoms with E-state index in [0.717, 1.165) is 34.7 Å². The van der Waals surface area contributed by atoms with Gasteiger partial charge in [-0.25, -0.2) is 4.79 Å². The Bertz CT molecular complexity index is 852. The van der Waals surface area contributed by atoms with E-state index in [1.807, 2.05) is 42.5 Å². The summed E-state index contributed by atoms with van der Waals surface area (Å²) in [4.78, 5) is 14.1. The molecule has 2 N–H and O–H groups in total. The number of aromatic amines is 1. The van der Waals surface area contributed by atoms with Gasteiger partial charge in [0.25, 0.3) is 0 Å². The highest BCUT2D eigenvalue weighted by molar-refractivity contribution is 6.30. The van der Waals surface area contributed by atoms with Gasteiger partial charge in [-0.3, -0.25) is 5.10 Å². The van der Waals surface area contributed by atoms with Gasteiger partial charge in [-0.2, -0.15) is 5.10 Å². The Balaban J connectivity index is 1.38. The van der Waals surface area contributed by atoms with Crippen LogP contribution in [0.15, 0.2) is 48.7 Å². The number of urea groups is 1. The second-order valence-electron chi connectivity index (χ2n) is 5.76. The largest absolute Gasteiger partial charge is 0.323 e. The van der Waals surface area contributed by atoms with Crippen LogP contribution in [0.5, 0.6) is 0 Å². The molecule has 6 heteroatoms. The van der Waals surface area contributed by atoms with Crippen LogP contribution < -0.4 is 5.32 Å². The highest BCUT2D eigenvalue weighted by Crippen LogP contribution is 2.28. The van der Waals surface area contributed by atoms with E-state index in [2.05, 4.69) is 15.5 Å². The van der Waals surface area contributed by atoms with E-state index < -0.39 is 0 Å². The zero-order valence-electron chi connectivity index (χ0n) is 12.3. The van der Waals surface area contributed by atoms with Gasteiger partial charge in [0.1, 0.15) is 0 Å². The summed E-state index contributed by atoms with van der Waals surface area (Å²) in [6.07, 6.45) is 1.74. The third kappa shape index (κ3) is 2.75. The van der Waals surface area contributed by atoms with Gasteiger partial charge in [0.2, 0.25) is 0 Å². The maximum Gasteiger partial charge on any atom is 0.321 e. The predicted octanol–water partition coefficient (Wildman–Crippen LogP) is 3.85. The molecule has 2 aromatic carbocycles. The third-order valence-corrected chi connectivity index (χ3v) is 4.45. The fourth-order valence-electron chi connectivity index (χ4n) is 2.81. The number of hydrogen-bond acceptors (Lipinski definition) is 2. The molecule has 1 saturated heterocycles. The standard InChI is InChI=1S/C17H15ClN4O/c18-14-3-1-11(2-4-14)13-9-22(10-13)17(23)20-15-5-6-16-12(7-15)8-19-21-16/h1-8,13H,9-10H2,(H,19,21)(H,20,23). The lowest BCUT2D eigenvalue weighted by Crippen LogP contribution is -2.50. The molecule has 2 amide bonds. The molecule has 0 radical (unpaired) electrons. The molecule has 1 aromatic heterocycles. The molecule has 0 saturated carbocycles. The van der Waals surface area contributed by atoms with E-state index in [1.54, 1.807) is 11.1 Å². The topological polar surface area (TPSA) is 61.0 Å². The molecule has 0 spiro atoms. The first-order valence-electron chi connectivity index (χ1n) is 7.43. The van der Waals surface area contributed by atoms with E-state index in [9.17, 15) is 4.79 Å². The fraction of sp³-hybridized carbons (Fsp3) is 0.176. The summed E-state index contributed by atoms with van der Waals surface area (Å²) in [6.45, 7) is 1.45. The number of aromatic nitrogens is 2. The van der Waals surface area contributed by atoms with Crippen LogP contribution in [0.25, 0.3) is 10.9 Å². The van der Waals surface area contributed by atoms with Crippen LogP contribution in [0, 0.1) is 0 Å². The maximum absolute atomic E-state index is 12.3. The Morgan fingerprint density at radius 2 is 2.00 bits per heavy atom. The quantitative estimate of drug-likeness (QED) is 0.751. The van der Waals surface area contributed by atoms with E-state index in [4.69, 9.17) is 11.6 Å². The molecule has 0 unspecified atom stereocenters. The molecule has 5 nitrogen and oxygen atoms in total. The molecule has 0 aliphatic carbocycles. The molecule has 23 heavy (non-hydrogen) atoms. The molecule has 1 fully saturated rings. The number of halogens is 1. The highest BCUT2D eigenvalue weighted by Gasteiger charge is 2.31. The highest BCUT2D eigenvalue weighted by atomic mass is 35.5. The fourth-order valence-corrected chi connectivity index (χ4v) is 2.94. The lowest BCUT2D eigenvalue weighted by molar-refractivity contribution is 0.164. The van der Waals surface area contributed by atoms with Crippen molar-refractivity contribution >= 4 is 34.2 Å². The Morgan fingerprint density at radius 3 is 2.78 bits per heavy atom. The van der Waals surface area contributed by atoms with Crippen molar-refractivity contribution in [2.45, 2.75) is 5.92 Å². The van der Waals surface area contributed by atoms with Crippen LogP contribution in [0.1, 0.15) is 11.5 Å². The average Bonchev–Trinajstić information content (AvgIpc) is 2.95. The van der Waals surface area contributed by atoms with Crippen molar-refractivity contribution in [1.29, 1.82) is 0 Å². The van der Waals surface area contributed by atoms with Crippen molar-refractivity contribution in [2.24, 2.45) is 0 Å². The number of anilines is 1. The summed E-state index contributed by atoms with van der Waals surface area (Å²) >= 11 is 5.90. The van der Waals surface area contributed by atoms with Gasteiger partial charge in [-0.1, -0.05) is 23.7 Å². The van der Waals surface area contributed by atoms with Gasteiger partial charge in [0.05, 0.1) is 11.7 Å². The van der Waals surface area contributed by atoms with Crippen molar-refractivity contribution in [3.63, 3.8) is 0 Å². The van der Waals surface area contributed by atoms with Crippen LogP contribution in [-0.2, 0) is 0 Å². The summed E-state index contributed by atoms with van der Waals surface area (Å²) < 4.78 is 0. The summed E-state index contributed by atoms with van der Waals surface area (Å²) in [5, 5.41) is 11.5. The number of nitrogens with one attached hydrogen (secondary N) is 2. The molecule has 0 atom stereocenters. The molecule has 1 aliphatic rings. The Morgan fingerprint density at radius 1 is 1.22 bits per heavy atom. The minimum atomic E-state index is -0.0712. The zero-order valence-corrected chi connectivity index (χ0v) is 13.0. The van der Waals surface area contributed by atoms with Crippen LogP contribution >= 0.6 is 11.6 Å². The minimum Gasteiger partial charge on any atom is -0.323 e. The summed E-state index contributed by atoms with van der Waals surface area (Å²) in [5.41, 5.74) is 2.95. The summed E-state index contributed by atoms with van der Waals surface area (Å²) in [7, 11) is 0. The second kappa shape index (κ2) is 5.59. The monoisotopic (exact) mass is 326 g/mol. The lowest BCUT2D eigenvalue weighted by Gasteiger charge is -2.39. The van der Waals surface area contributed by atoms with Crippen molar-refractivity contribution < 1.29 is 4.79 Å². The molecule has 4 rings (SSSR count). The molecular weight excluding hydrogens is 312 g/mol. The van der Waals surface area contributed by atoms with Gasteiger partial charge in [0, 0.05) is 35.1 Å². The average molecular weight is 327 g/mol. The number of likely N-dealkylation sites (tertiary alicyclic amines) is 1. The number of carbonyl (C=O) groups excluding carboxylic acids is 1. The van der Waals surface area contributed by atoms with Crippen molar-refractivity contribution in [3.8, 4) is 0 Å². The zero-order chi connectivity index (χ0) is 15.8. The Kier molecular flexibility index (Phi) is 3.42. The van der Waals surface area contributed by atoms with E-state index in [-0.39, 0.29) is 6.03 Å². The first-order chi connectivity index (χ1) is 11.2. The SMILES string of the molecule is O=C(Nc1ccc2[nH]ncc2c1)N1CC(c2ccc(Cl)cc2)C1. The number of H-pyrrole nitrogens is 1. The first kappa shape index (κ1) is 14.1. The molecule has 116 valence electrons. The number of fused-ring (bicyclic) bond motifs is 1. The number of hydrogen-bond donors (Lipinski definition) is 2. The van der Waals surface area contributed by atoms with Crippen molar-refractivity contribution in [3.05, 3.63) is 59.2 Å². The van der Waals surface area contributed by atoms with Crippen molar-refractivity contribution in [2.75, 3.05) is 18.4 Å².